The number of hydrogen-bond acceptors (Lipinski definition) is 3. The minimum absolute atomic E-state index is 0.687. The molecule has 2 nitrogen and oxygen atoms in total. The third-order valence-electron chi connectivity index (χ3n) is 2.81. The Morgan fingerprint density at radius 3 is 2.68 bits per heavy atom. The zero-order valence-corrected chi connectivity index (χ0v) is 13.1. The standard InChI is InChI=1S/C15H13BrN2S/c1-10-6-7-11(8-13(10)16)18-14-4-3-5-15(19-2)12(14)9-17/h3-8,18H,1-2H3. The van der Waals surface area contributed by atoms with E-state index in [1.165, 1.54) is 5.56 Å². The van der Waals surface area contributed by atoms with Crippen LogP contribution in [0.3, 0.4) is 0 Å². The smallest absolute Gasteiger partial charge is 0.103 e. The molecule has 2 rings (SSSR count). The molecular weight excluding hydrogens is 320 g/mol. The summed E-state index contributed by atoms with van der Waals surface area (Å²) in [6, 6.07) is 14.2. The Morgan fingerprint density at radius 1 is 1.26 bits per heavy atom. The van der Waals surface area contributed by atoms with Crippen LogP contribution in [0, 0.1) is 18.3 Å². The highest BCUT2D eigenvalue weighted by Crippen LogP contribution is 2.30. The van der Waals surface area contributed by atoms with E-state index in [2.05, 4.69) is 27.3 Å². The number of anilines is 2. The molecule has 0 fully saturated rings. The molecule has 0 aliphatic rings. The minimum atomic E-state index is 0.687. The fourth-order valence-corrected chi connectivity index (χ4v) is 2.70. The van der Waals surface area contributed by atoms with E-state index in [0.717, 1.165) is 20.7 Å². The highest BCUT2D eigenvalue weighted by Gasteiger charge is 2.07. The molecule has 0 bridgehead atoms. The van der Waals surface area contributed by atoms with E-state index in [1.54, 1.807) is 11.8 Å². The lowest BCUT2D eigenvalue weighted by Crippen LogP contribution is -1.95. The van der Waals surface area contributed by atoms with Gasteiger partial charge in [0.25, 0.3) is 0 Å². The molecule has 0 amide bonds. The summed E-state index contributed by atoms with van der Waals surface area (Å²) in [5, 5.41) is 12.6. The third-order valence-corrected chi connectivity index (χ3v) is 4.44. The number of halogens is 1. The van der Waals surface area contributed by atoms with Crippen molar-refractivity contribution < 1.29 is 0 Å². The SMILES string of the molecule is CSc1cccc(Nc2ccc(C)c(Br)c2)c1C#N. The minimum Gasteiger partial charge on any atom is -0.354 e. The molecule has 1 N–H and O–H groups in total. The lowest BCUT2D eigenvalue weighted by molar-refractivity contribution is 1.35. The molecule has 0 radical (unpaired) electrons. The van der Waals surface area contributed by atoms with Crippen molar-refractivity contribution >= 4 is 39.1 Å². The van der Waals surface area contributed by atoms with E-state index in [-0.39, 0.29) is 0 Å². The van der Waals surface area contributed by atoms with Crippen molar-refractivity contribution in [1.29, 1.82) is 5.26 Å². The summed E-state index contributed by atoms with van der Waals surface area (Å²) in [5.74, 6) is 0. The Kier molecular flexibility index (Phi) is 4.52. The number of rotatable bonds is 3. The molecule has 2 aromatic carbocycles. The molecule has 0 saturated heterocycles. The van der Waals surface area contributed by atoms with Gasteiger partial charge >= 0.3 is 0 Å². The molecule has 0 heterocycles. The van der Waals surface area contributed by atoms with Crippen molar-refractivity contribution in [3.63, 3.8) is 0 Å². The van der Waals surface area contributed by atoms with Crippen LogP contribution in [-0.2, 0) is 0 Å². The molecule has 0 unspecified atom stereocenters. The Morgan fingerprint density at radius 2 is 2.05 bits per heavy atom. The second kappa shape index (κ2) is 6.14. The first-order valence-electron chi connectivity index (χ1n) is 5.76. The molecule has 0 aliphatic heterocycles. The number of thioether (sulfide) groups is 1. The summed E-state index contributed by atoms with van der Waals surface area (Å²) in [7, 11) is 0. The summed E-state index contributed by atoms with van der Waals surface area (Å²) in [4.78, 5) is 0.985. The summed E-state index contributed by atoms with van der Waals surface area (Å²) in [5.41, 5.74) is 3.67. The zero-order valence-electron chi connectivity index (χ0n) is 10.7. The molecule has 0 aromatic heterocycles. The number of hydrogen-bond donors (Lipinski definition) is 1. The van der Waals surface area contributed by atoms with Gasteiger partial charge in [0.1, 0.15) is 6.07 Å². The highest BCUT2D eigenvalue weighted by atomic mass is 79.9. The van der Waals surface area contributed by atoms with Gasteiger partial charge in [0.05, 0.1) is 11.3 Å². The van der Waals surface area contributed by atoms with Crippen LogP contribution in [0.25, 0.3) is 0 Å². The second-order valence-corrected chi connectivity index (χ2v) is 5.79. The average Bonchev–Trinajstić information content (AvgIpc) is 2.42. The van der Waals surface area contributed by atoms with Gasteiger partial charge in [-0.25, -0.2) is 0 Å². The molecule has 0 spiro atoms. The average molecular weight is 333 g/mol. The van der Waals surface area contributed by atoms with Crippen LogP contribution in [-0.4, -0.2) is 6.26 Å². The van der Waals surface area contributed by atoms with Gasteiger partial charge in [0.15, 0.2) is 0 Å². The van der Waals surface area contributed by atoms with E-state index in [9.17, 15) is 5.26 Å². The van der Waals surface area contributed by atoms with Gasteiger partial charge in [-0.3, -0.25) is 0 Å². The second-order valence-electron chi connectivity index (χ2n) is 4.08. The van der Waals surface area contributed by atoms with Gasteiger partial charge < -0.3 is 5.32 Å². The first-order chi connectivity index (χ1) is 9.15. The normalized spacial score (nSPS) is 10.0. The Hall–Kier alpha value is -1.44. The van der Waals surface area contributed by atoms with E-state index in [1.807, 2.05) is 49.6 Å². The maximum atomic E-state index is 9.29. The maximum absolute atomic E-state index is 9.29. The summed E-state index contributed by atoms with van der Waals surface area (Å²) >= 11 is 5.09. The van der Waals surface area contributed by atoms with E-state index in [0.29, 0.717) is 5.56 Å². The molecule has 0 saturated carbocycles. The molecule has 2 aromatic rings. The number of nitriles is 1. The van der Waals surface area contributed by atoms with Crippen LogP contribution in [0.2, 0.25) is 0 Å². The predicted octanol–water partition coefficient (Wildman–Crippen LogP) is 5.09. The lowest BCUT2D eigenvalue weighted by atomic mass is 10.1. The van der Waals surface area contributed by atoms with Crippen LogP contribution in [0.1, 0.15) is 11.1 Å². The molecule has 0 atom stereocenters. The Labute approximate surface area is 126 Å². The number of nitrogens with zero attached hydrogens (tertiary/aromatic N) is 1. The van der Waals surface area contributed by atoms with Crippen molar-refractivity contribution in [3.8, 4) is 6.07 Å². The maximum Gasteiger partial charge on any atom is 0.103 e. The molecule has 19 heavy (non-hydrogen) atoms. The van der Waals surface area contributed by atoms with Crippen molar-refractivity contribution in [3.05, 3.63) is 52.0 Å². The third kappa shape index (κ3) is 3.12. The lowest BCUT2D eigenvalue weighted by Gasteiger charge is -2.11. The van der Waals surface area contributed by atoms with Crippen molar-refractivity contribution in [2.45, 2.75) is 11.8 Å². The largest absolute Gasteiger partial charge is 0.354 e. The molecule has 4 heteroatoms. The van der Waals surface area contributed by atoms with Gasteiger partial charge in [-0.2, -0.15) is 5.26 Å². The van der Waals surface area contributed by atoms with Gasteiger partial charge in [0.2, 0.25) is 0 Å². The first kappa shape index (κ1) is 14.0. The zero-order chi connectivity index (χ0) is 13.8. The van der Waals surface area contributed by atoms with Crippen molar-refractivity contribution in [2.75, 3.05) is 11.6 Å². The fourth-order valence-electron chi connectivity index (χ4n) is 1.75. The first-order valence-corrected chi connectivity index (χ1v) is 7.77. The molecule has 96 valence electrons. The number of nitrogens with one attached hydrogen (secondary N) is 1. The van der Waals surface area contributed by atoms with E-state index < -0.39 is 0 Å². The van der Waals surface area contributed by atoms with E-state index >= 15 is 0 Å². The number of aryl methyl sites for hydroxylation is 1. The van der Waals surface area contributed by atoms with Crippen LogP contribution in [0.15, 0.2) is 45.8 Å². The van der Waals surface area contributed by atoms with Gasteiger partial charge in [-0.15, -0.1) is 11.8 Å². The monoisotopic (exact) mass is 332 g/mol. The van der Waals surface area contributed by atoms with Crippen LogP contribution >= 0.6 is 27.7 Å². The van der Waals surface area contributed by atoms with Crippen LogP contribution < -0.4 is 5.32 Å². The summed E-state index contributed by atoms with van der Waals surface area (Å²) < 4.78 is 1.05. The fraction of sp³-hybridized carbons (Fsp3) is 0.133. The Bertz CT molecular complexity index is 647. The van der Waals surface area contributed by atoms with Crippen molar-refractivity contribution in [2.24, 2.45) is 0 Å². The summed E-state index contributed by atoms with van der Waals surface area (Å²) in [6.07, 6.45) is 1.97. The van der Waals surface area contributed by atoms with Crippen molar-refractivity contribution in [1.82, 2.24) is 0 Å². The molecular formula is C15H13BrN2S. The quantitative estimate of drug-likeness (QED) is 0.794. The number of benzene rings is 2. The van der Waals surface area contributed by atoms with Gasteiger partial charge in [0, 0.05) is 15.1 Å². The molecule has 0 aliphatic carbocycles. The highest BCUT2D eigenvalue weighted by molar-refractivity contribution is 9.10. The predicted molar refractivity (Wildman–Crippen MR) is 85.1 cm³/mol. The van der Waals surface area contributed by atoms with Gasteiger partial charge in [-0.1, -0.05) is 28.1 Å². The topological polar surface area (TPSA) is 35.8 Å². The van der Waals surface area contributed by atoms with Gasteiger partial charge in [-0.05, 0) is 43.0 Å². The summed E-state index contributed by atoms with van der Waals surface area (Å²) in [6.45, 7) is 2.04. The van der Waals surface area contributed by atoms with E-state index in [4.69, 9.17) is 0 Å². The van der Waals surface area contributed by atoms with Crippen LogP contribution in [0.4, 0.5) is 11.4 Å². The van der Waals surface area contributed by atoms with Crippen LogP contribution in [0.5, 0.6) is 0 Å². The Balaban J connectivity index is 2.38.